The van der Waals surface area contributed by atoms with E-state index in [1.807, 2.05) is 44.1 Å². The zero-order valence-electron chi connectivity index (χ0n) is 16.9. The molecule has 1 aromatic carbocycles. The molecule has 0 atom stereocenters. The van der Waals surface area contributed by atoms with Crippen molar-refractivity contribution in [3.05, 3.63) is 51.4 Å². The first-order valence-corrected chi connectivity index (χ1v) is 10.9. The standard InChI is InChI=1S/C20H22N4O4S2/c1-4-28-14-5-8-16-17(13-14)30-20(21-16)23(12-11-22(2)3)18(25)9-6-15-7-10-19(29-15)24(26)27/h5-10,13H,4,11-12H2,1-3H3. The third-order valence-corrected chi connectivity index (χ3v) is 6.15. The number of hydrogen-bond donors (Lipinski definition) is 0. The topological polar surface area (TPSA) is 88.8 Å². The number of carbonyl (C=O) groups is 1. The molecule has 0 aliphatic rings. The summed E-state index contributed by atoms with van der Waals surface area (Å²) in [6, 6.07) is 8.74. The number of aromatic nitrogens is 1. The van der Waals surface area contributed by atoms with Crippen molar-refractivity contribution in [2.24, 2.45) is 0 Å². The first-order chi connectivity index (χ1) is 14.4. The maximum absolute atomic E-state index is 12.9. The molecule has 3 rings (SSSR count). The second-order valence-corrected chi connectivity index (χ2v) is 8.72. The van der Waals surface area contributed by atoms with Crippen LogP contribution in [0, 0.1) is 10.1 Å². The summed E-state index contributed by atoms with van der Waals surface area (Å²) in [5.41, 5.74) is 0.805. The summed E-state index contributed by atoms with van der Waals surface area (Å²) in [4.78, 5) is 32.2. The predicted molar refractivity (Wildman–Crippen MR) is 122 cm³/mol. The third kappa shape index (κ3) is 5.41. The number of thiazole rings is 1. The van der Waals surface area contributed by atoms with E-state index in [0.717, 1.165) is 27.3 Å². The van der Waals surface area contributed by atoms with Crippen molar-refractivity contribution >= 4 is 55.0 Å². The molecule has 158 valence electrons. The van der Waals surface area contributed by atoms with Gasteiger partial charge in [-0.1, -0.05) is 22.7 Å². The van der Waals surface area contributed by atoms with Gasteiger partial charge in [0, 0.05) is 30.1 Å². The number of nitrogens with zero attached hydrogens (tertiary/aromatic N) is 4. The van der Waals surface area contributed by atoms with Crippen LogP contribution in [0.1, 0.15) is 11.8 Å². The number of nitro groups is 1. The van der Waals surface area contributed by atoms with E-state index in [1.165, 1.54) is 23.5 Å². The van der Waals surface area contributed by atoms with Gasteiger partial charge < -0.3 is 9.64 Å². The number of amides is 1. The number of thiophene rings is 1. The molecule has 0 N–H and O–H groups in total. The highest BCUT2D eigenvalue weighted by atomic mass is 32.1. The summed E-state index contributed by atoms with van der Waals surface area (Å²) < 4.78 is 6.49. The molecule has 0 unspecified atom stereocenters. The summed E-state index contributed by atoms with van der Waals surface area (Å²) in [7, 11) is 3.88. The molecule has 1 amide bonds. The van der Waals surface area contributed by atoms with Crippen molar-refractivity contribution in [2.75, 3.05) is 38.7 Å². The Labute approximate surface area is 182 Å². The zero-order chi connectivity index (χ0) is 21.7. The van der Waals surface area contributed by atoms with Crippen molar-refractivity contribution < 1.29 is 14.5 Å². The zero-order valence-corrected chi connectivity index (χ0v) is 18.5. The van der Waals surface area contributed by atoms with Crippen LogP contribution in [0.2, 0.25) is 0 Å². The summed E-state index contributed by atoms with van der Waals surface area (Å²) in [5.74, 6) is 0.544. The van der Waals surface area contributed by atoms with Gasteiger partial charge in [-0.05, 0) is 51.4 Å². The maximum Gasteiger partial charge on any atom is 0.324 e. The average molecular weight is 447 g/mol. The molecule has 0 radical (unpaired) electrons. The van der Waals surface area contributed by atoms with Crippen molar-refractivity contribution in [1.82, 2.24) is 9.88 Å². The van der Waals surface area contributed by atoms with Crippen LogP contribution < -0.4 is 9.64 Å². The molecular weight excluding hydrogens is 424 g/mol. The van der Waals surface area contributed by atoms with Gasteiger partial charge in [-0.3, -0.25) is 19.8 Å². The van der Waals surface area contributed by atoms with Gasteiger partial charge in [-0.15, -0.1) is 0 Å². The van der Waals surface area contributed by atoms with Crippen molar-refractivity contribution in [3.63, 3.8) is 0 Å². The Morgan fingerprint density at radius 3 is 2.70 bits per heavy atom. The Balaban J connectivity index is 1.85. The van der Waals surface area contributed by atoms with Gasteiger partial charge in [0.2, 0.25) is 0 Å². The lowest BCUT2D eigenvalue weighted by molar-refractivity contribution is -0.380. The Hall–Kier alpha value is -2.82. The van der Waals surface area contributed by atoms with Gasteiger partial charge in [0.15, 0.2) is 5.13 Å². The normalized spacial score (nSPS) is 11.5. The van der Waals surface area contributed by atoms with Gasteiger partial charge in [0.25, 0.3) is 5.91 Å². The molecule has 0 saturated carbocycles. The second kappa shape index (κ2) is 9.79. The highest BCUT2D eigenvalue weighted by Crippen LogP contribution is 2.32. The van der Waals surface area contributed by atoms with E-state index in [-0.39, 0.29) is 10.9 Å². The van der Waals surface area contributed by atoms with Crippen LogP contribution >= 0.6 is 22.7 Å². The molecular formula is C20H22N4O4S2. The summed E-state index contributed by atoms with van der Waals surface area (Å²) in [6.07, 6.45) is 3.03. The highest BCUT2D eigenvalue weighted by molar-refractivity contribution is 7.22. The van der Waals surface area contributed by atoms with Crippen LogP contribution in [0.25, 0.3) is 16.3 Å². The number of hydrogen-bond acceptors (Lipinski definition) is 8. The quantitative estimate of drug-likeness (QED) is 0.277. The fourth-order valence-corrected chi connectivity index (χ4v) is 4.39. The lowest BCUT2D eigenvalue weighted by Crippen LogP contribution is -2.35. The third-order valence-electron chi connectivity index (χ3n) is 4.11. The molecule has 0 fully saturated rings. The van der Waals surface area contributed by atoms with Crippen LogP contribution in [-0.4, -0.2) is 54.5 Å². The number of anilines is 1. The van der Waals surface area contributed by atoms with Crippen LogP contribution in [0.4, 0.5) is 10.1 Å². The number of likely N-dealkylation sites (N-methyl/N-ethyl adjacent to an activating group) is 1. The van der Waals surface area contributed by atoms with Gasteiger partial charge in [0.1, 0.15) is 5.75 Å². The van der Waals surface area contributed by atoms with E-state index < -0.39 is 4.92 Å². The fourth-order valence-electron chi connectivity index (χ4n) is 2.64. The van der Waals surface area contributed by atoms with Crippen molar-refractivity contribution in [2.45, 2.75) is 6.92 Å². The van der Waals surface area contributed by atoms with Gasteiger partial charge in [0.05, 0.1) is 21.7 Å². The minimum absolute atomic E-state index is 0.0443. The molecule has 0 bridgehead atoms. The molecule has 0 saturated heterocycles. The molecule has 30 heavy (non-hydrogen) atoms. The molecule has 10 heteroatoms. The van der Waals surface area contributed by atoms with E-state index in [2.05, 4.69) is 4.98 Å². The summed E-state index contributed by atoms with van der Waals surface area (Å²) >= 11 is 2.46. The van der Waals surface area contributed by atoms with Gasteiger partial charge in [-0.25, -0.2) is 4.98 Å². The van der Waals surface area contributed by atoms with Crippen LogP contribution in [0.3, 0.4) is 0 Å². The lowest BCUT2D eigenvalue weighted by Gasteiger charge is -2.20. The molecule has 2 aromatic heterocycles. The molecule has 2 heterocycles. The van der Waals surface area contributed by atoms with Gasteiger partial charge >= 0.3 is 5.00 Å². The molecule has 0 aliphatic carbocycles. The van der Waals surface area contributed by atoms with E-state index in [1.54, 1.807) is 17.0 Å². The maximum atomic E-state index is 12.9. The van der Waals surface area contributed by atoms with Crippen LogP contribution in [0.15, 0.2) is 36.4 Å². The molecule has 0 aliphatic heterocycles. The summed E-state index contributed by atoms with van der Waals surface area (Å²) in [6.45, 7) is 3.65. The van der Waals surface area contributed by atoms with Gasteiger partial charge in [-0.2, -0.15) is 0 Å². The SMILES string of the molecule is CCOc1ccc2nc(N(CCN(C)C)C(=O)C=Cc3ccc([N+](=O)[O-])s3)sc2c1. The average Bonchev–Trinajstić information content (AvgIpc) is 3.33. The Kier molecular flexibility index (Phi) is 7.14. The summed E-state index contributed by atoms with van der Waals surface area (Å²) in [5, 5.41) is 11.5. The lowest BCUT2D eigenvalue weighted by atomic mass is 10.3. The van der Waals surface area contributed by atoms with Crippen molar-refractivity contribution in [1.29, 1.82) is 0 Å². The largest absolute Gasteiger partial charge is 0.494 e. The molecule has 0 spiro atoms. The van der Waals surface area contributed by atoms with Crippen LogP contribution in [-0.2, 0) is 4.79 Å². The fraction of sp³-hybridized carbons (Fsp3) is 0.300. The first-order valence-electron chi connectivity index (χ1n) is 9.29. The molecule has 3 aromatic rings. The Bertz CT molecular complexity index is 1070. The minimum Gasteiger partial charge on any atom is -0.494 e. The smallest absolute Gasteiger partial charge is 0.324 e. The number of ether oxygens (including phenoxy) is 1. The van der Waals surface area contributed by atoms with E-state index in [4.69, 9.17) is 4.74 Å². The monoisotopic (exact) mass is 446 g/mol. The Morgan fingerprint density at radius 1 is 1.23 bits per heavy atom. The number of rotatable bonds is 9. The first kappa shape index (κ1) is 21.9. The molecule has 8 nitrogen and oxygen atoms in total. The highest BCUT2D eigenvalue weighted by Gasteiger charge is 2.18. The number of benzene rings is 1. The van der Waals surface area contributed by atoms with Crippen LogP contribution in [0.5, 0.6) is 5.75 Å². The van der Waals surface area contributed by atoms with E-state index >= 15 is 0 Å². The second-order valence-electron chi connectivity index (χ2n) is 6.62. The predicted octanol–water partition coefficient (Wildman–Crippen LogP) is 4.27. The number of carbonyl (C=O) groups excluding carboxylic acids is 1. The van der Waals surface area contributed by atoms with E-state index in [9.17, 15) is 14.9 Å². The minimum atomic E-state index is -0.440. The Morgan fingerprint density at radius 2 is 2.03 bits per heavy atom. The van der Waals surface area contributed by atoms with Crippen molar-refractivity contribution in [3.8, 4) is 5.75 Å². The van der Waals surface area contributed by atoms with E-state index in [0.29, 0.717) is 29.7 Å². The number of fused-ring (bicyclic) bond motifs is 1.